The van der Waals surface area contributed by atoms with Gasteiger partial charge < -0.3 is 10.5 Å². The van der Waals surface area contributed by atoms with Crippen molar-refractivity contribution in [3.8, 4) is 0 Å². The van der Waals surface area contributed by atoms with E-state index in [1.807, 2.05) is 0 Å². The summed E-state index contributed by atoms with van der Waals surface area (Å²) in [5.74, 6) is -2.04. The Bertz CT molecular complexity index is 1500. The molecule has 0 saturated carbocycles. The third-order valence-corrected chi connectivity index (χ3v) is 6.54. The van der Waals surface area contributed by atoms with Crippen LogP contribution in [-0.2, 0) is 37.9 Å². The number of amides is 1. The van der Waals surface area contributed by atoms with E-state index in [9.17, 15) is 21.6 Å². The molecule has 39 heavy (non-hydrogen) atoms. The first-order valence-electron chi connectivity index (χ1n) is 11.4. The van der Waals surface area contributed by atoms with Crippen LogP contribution in [0.1, 0.15) is 43.0 Å². The SMILES string of the molecule is C=Cc1cc(CN(C(=O)OC(C)(C)C)N(c2c(F)cc(CN)cc2C=C)S(C)(=O)=O)cc(F)c1NS(C)(=O)=O. The quantitative estimate of drug-likeness (QED) is 0.398. The molecule has 0 saturated heterocycles. The third kappa shape index (κ3) is 8.25. The van der Waals surface area contributed by atoms with Gasteiger partial charge in [0.25, 0.3) is 0 Å². The van der Waals surface area contributed by atoms with Crippen molar-refractivity contribution in [2.75, 3.05) is 21.6 Å². The first-order chi connectivity index (χ1) is 17.8. The Labute approximate surface area is 227 Å². The van der Waals surface area contributed by atoms with E-state index in [-0.39, 0.29) is 23.2 Å². The molecule has 214 valence electrons. The zero-order valence-electron chi connectivity index (χ0n) is 22.3. The van der Waals surface area contributed by atoms with Crippen LogP contribution < -0.4 is 14.9 Å². The van der Waals surface area contributed by atoms with E-state index in [0.29, 0.717) is 15.0 Å². The van der Waals surface area contributed by atoms with Gasteiger partial charge >= 0.3 is 6.09 Å². The molecule has 0 radical (unpaired) electrons. The van der Waals surface area contributed by atoms with Crippen molar-refractivity contribution >= 4 is 49.7 Å². The lowest BCUT2D eigenvalue weighted by Crippen LogP contribution is -2.51. The number of benzene rings is 2. The second-order valence-electron chi connectivity index (χ2n) is 9.59. The fourth-order valence-corrected chi connectivity index (χ4v) is 5.13. The van der Waals surface area contributed by atoms with Crippen LogP contribution >= 0.6 is 0 Å². The predicted octanol–water partition coefficient (Wildman–Crippen LogP) is 4.20. The van der Waals surface area contributed by atoms with Gasteiger partial charge in [-0.05, 0) is 56.2 Å². The molecule has 1 amide bonds. The Morgan fingerprint density at radius 2 is 1.54 bits per heavy atom. The van der Waals surface area contributed by atoms with E-state index in [2.05, 4.69) is 17.9 Å². The Kier molecular flexibility index (Phi) is 9.53. The molecule has 0 aliphatic carbocycles. The van der Waals surface area contributed by atoms with Gasteiger partial charge in [0, 0.05) is 17.7 Å². The van der Waals surface area contributed by atoms with E-state index in [0.717, 1.165) is 24.6 Å². The van der Waals surface area contributed by atoms with E-state index >= 15 is 8.78 Å². The van der Waals surface area contributed by atoms with Crippen molar-refractivity contribution < 1.29 is 35.1 Å². The summed E-state index contributed by atoms with van der Waals surface area (Å²) in [5, 5.41) is 0.597. The van der Waals surface area contributed by atoms with Crippen LogP contribution in [-0.4, -0.2) is 46.1 Å². The van der Waals surface area contributed by atoms with Gasteiger partial charge in [-0.25, -0.2) is 30.4 Å². The van der Waals surface area contributed by atoms with Gasteiger partial charge in [-0.2, -0.15) is 9.42 Å². The highest BCUT2D eigenvalue weighted by molar-refractivity contribution is 7.92. The predicted molar refractivity (Wildman–Crippen MR) is 148 cm³/mol. The van der Waals surface area contributed by atoms with Gasteiger partial charge in [0.05, 0.1) is 24.7 Å². The van der Waals surface area contributed by atoms with Crippen LogP contribution in [0.5, 0.6) is 0 Å². The number of hydrazine groups is 1. The van der Waals surface area contributed by atoms with Crippen molar-refractivity contribution in [3.05, 3.63) is 71.3 Å². The number of carbonyl (C=O) groups is 1. The van der Waals surface area contributed by atoms with Gasteiger partial charge in [-0.1, -0.05) is 25.3 Å². The van der Waals surface area contributed by atoms with Crippen LogP contribution in [0, 0.1) is 11.6 Å². The molecule has 0 atom stereocenters. The van der Waals surface area contributed by atoms with Gasteiger partial charge in [0.15, 0.2) is 5.82 Å². The molecule has 0 heterocycles. The van der Waals surface area contributed by atoms with Crippen molar-refractivity contribution in [1.82, 2.24) is 5.01 Å². The first kappa shape index (κ1) is 31.7. The Hall–Kier alpha value is -3.49. The minimum absolute atomic E-state index is 0.00993. The smallest absolute Gasteiger partial charge is 0.430 e. The zero-order chi connectivity index (χ0) is 29.9. The summed E-state index contributed by atoms with van der Waals surface area (Å²) in [6.45, 7) is 11.1. The van der Waals surface area contributed by atoms with Gasteiger partial charge in [-0.15, -0.1) is 0 Å². The van der Waals surface area contributed by atoms with Crippen molar-refractivity contribution in [1.29, 1.82) is 0 Å². The third-order valence-electron chi connectivity index (χ3n) is 4.96. The number of ether oxygens (including phenoxy) is 1. The molecule has 0 fully saturated rings. The average Bonchev–Trinajstić information content (AvgIpc) is 2.77. The lowest BCUT2D eigenvalue weighted by atomic mass is 10.1. The monoisotopic (exact) mass is 586 g/mol. The molecule has 0 aliphatic heterocycles. The first-order valence-corrected chi connectivity index (χ1v) is 15.1. The molecule has 0 aromatic heterocycles. The number of sulfonamides is 2. The van der Waals surface area contributed by atoms with Crippen molar-refractivity contribution in [2.24, 2.45) is 5.73 Å². The van der Waals surface area contributed by atoms with E-state index < -0.39 is 61.3 Å². The van der Waals surface area contributed by atoms with E-state index in [1.165, 1.54) is 24.3 Å². The fourth-order valence-electron chi connectivity index (χ4n) is 3.54. The second kappa shape index (κ2) is 11.7. The number of rotatable bonds is 10. The highest BCUT2D eigenvalue weighted by atomic mass is 32.2. The van der Waals surface area contributed by atoms with E-state index in [4.69, 9.17) is 10.5 Å². The fraction of sp³-hybridized carbons (Fsp3) is 0.320. The Morgan fingerprint density at radius 3 is 2.00 bits per heavy atom. The molecule has 0 unspecified atom stereocenters. The summed E-state index contributed by atoms with van der Waals surface area (Å²) >= 11 is 0. The molecule has 10 nitrogen and oxygen atoms in total. The Balaban J connectivity index is 2.83. The lowest BCUT2D eigenvalue weighted by Gasteiger charge is -2.36. The molecule has 14 heteroatoms. The van der Waals surface area contributed by atoms with E-state index in [1.54, 1.807) is 20.8 Å². The van der Waals surface area contributed by atoms with Crippen LogP contribution in [0.15, 0.2) is 37.4 Å². The molecule has 3 N–H and O–H groups in total. The maximum Gasteiger partial charge on any atom is 0.430 e. The molecule has 0 bridgehead atoms. The summed E-state index contributed by atoms with van der Waals surface area (Å²) < 4.78 is 87.9. The summed E-state index contributed by atoms with van der Waals surface area (Å²) in [7, 11) is -8.30. The number of carbonyl (C=O) groups excluding carboxylic acids is 1. The van der Waals surface area contributed by atoms with Crippen LogP contribution in [0.3, 0.4) is 0 Å². The molecule has 2 rings (SSSR count). The molecular formula is C25H32F2N4O6S2. The minimum atomic E-state index is -4.44. The average molecular weight is 587 g/mol. The molecule has 0 aliphatic rings. The molecular weight excluding hydrogens is 554 g/mol. The molecule has 2 aromatic carbocycles. The standard InChI is InChI=1S/C25H32F2N4O6S2/c1-8-18-11-17(13-20(26)22(18)29-38(6,33)34)15-30(24(32)37-25(3,4)5)31(39(7,35)36)23-19(9-2)10-16(14-28)12-21(23)27/h8-13,29H,1-2,14-15,28H2,3-7H3. The number of anilines is 2. The zero-order valence-corrected chi connectivity index (χ0v) is 23.9. The van der Waals surface area contributed by atoms with Gasteiger partial charge in [0.2, 0.25) is 20.0 Å². The summed E-state index contributed by atoms with van der Waals surface area (Å²) in [4.78, 5) is 13.4. The van der Waals surface area contributed by atoms with Gasteiger partial charge in [-0.3, -0.25) is 4.72 Å². The van der Waals surface area contributed by atoms with Gasteiger partial charge in [0.1, 0.15) is 17.1 Å². The summed E-state index contributed by atoms with van der Waals surface area (Å²) in [6.07, 6.45) is 2.77. The normalized spacial score (nSPS) is 12.0. The van der Waals surface area contributed by atoms with Crippen LogP contribution in [0.25, 0.3) is 12.2 Å². The maximum atomic E-state index is 15.4. The number of hydrogen-bond acceptors (Lipinski definition) is 7. The number of hydrogen-bond donors (Lipinski definition) is 2. The summed E-state index contributed by atoms with van der Waals surface area (Å²) in [6, 6.07) is 4.64. The van der Waals surface area contributed by atoms with Crippen LogP contribution in [0.2, 0.25) is 0 Å². The number of nitrogens with one attached hydrogen (secondary N) is 1. The molecule has 0 spiro atoms. The largest absolute Gasteiger partial charge is 0.442 e. The summed E-state index contributed by atoms with van der Waals surface area (Å²) in [5.41, 5.74) is 3.98. The lowest BCUT2D eigenvalue weighted by molar-refractivity contribution is 0.0244. The second-order valence-corrected chi connectivity index (χ2v) is 13.1. The number of halogens is 2. The topological polar surface area (TPSA) is 139 Å². The van der Waals surface area contributed by atoms with Crippen molar-refractivity contribution in [3.63, 3.8) is 0 Å². The molecule has 2 aromatic rings. The van der Waals surface area contributed by atoms with Crippen LogP contribution in [0.4, 0.5) is 25.0 Å². The number of nitrogens with zero attached hydrogens (tertiary/aromatic N) is 2. The minimum Gasteiger partial charge on any atom is -0.442 e. The maximum absolute atomic E-state index is 15.4. The number of nitrogens with two attached hydrogens (primary N) is 1. The van der Waals surface area contributed by atoms with Crippen molar-refractivity contribution in [2.45, 2.75) is 39.5 Å². The highest BCUT2D eigenvalue weighted by Gasteiger charge is 2.36. The highest BCUT2D eigenvalue weighted by Crippen LogP contribution is 2.33. The Morgan fingerprint density at radius 1 is 1.00 bits per heavy atom.